The summed E-state index contributed by atoms with van der Waals surface area (Å²) in [5, 5.41) is 4.34. The monoisotopic (exact) mass is 871 g/mol. The summed E-state index contributed by atoms with van der Waals surface area (Å²) in [5.41, 5.74) is 9.21. The van der Waals surface area contributed by atoms with Gasteiger partial charge in [-0.1, -0.05) is 0 Å². The maximum absolute atomic E-state index is 2.43. The van der Waals surface area contributed by atoms with Crippen LogP contribution in [0, 0.1) is 0 Å². The van der Waals surface area contributed by atoms with Gasteiger partial charge < -0.3 is 0 Å². The van der Waals surface area contributed by atoms with Gasteiger partial charge in [0.05, 0.1) is 0 Å². The fourth-order valence-electron chi connectivity index (χ4n) is 10.2. The van der Waals surface area contributed by atoms with Gasteiger partial charge in [-0.3, -0.25) is 0 Å². The van der Waals surface area contributed by atoms with Crippen molar-refractivity contribution in [3.63, 3.8) is 0 Å². The molecule has 0 saturated heterocycles. The van der Waals surface area contributed by atoms with Crippen molar-refractivity contribution in [2.75, 3.05) is 0 Å². The molecule has 6 atom stereocenters. The molecular formula is C60H75As. The molecule has 0 amide bonds. The van der Waals surface area contributed by atoms with Crippen LogP contribution in [0.15, 0.2) is 182 Å². The maximum atomic E-state index is 2.43. The van der Waals surface area contributed by atoms with Gasteiger partial charge >= 0.3 is 379 Å². The molecule has 0 N–H and O–H groups in total. The van der Waals surface area contributed by atoms with Gasteiger partial charge in [-0.25, -0.2) is 0 Å². The molecule has 0 aliphatic rings. The van der Waals surface area contributed by atoms with E-state index in [-0.39, 0.29) is 0 Å². The zero-order valence-electron chi connectivity index (χ0n) is 37.8. The summed E-state index contributed by atoms with van der Waals surface area (Å²) < 4.78 is 0. The molecule has 0 aliphatic carbocycles. The van der Waals surface area contributed by atoms with Crippen LogP contribution in [0.4, 0.5) is 0 Å². The summed E-state index contributed by atoms with van der Waals surface area (Å²) >= 11 is -1.21. The van der Waals surface area contributed by atoms with Crippen molar-refractivity contribution in [1.29, 1.82) is 0 Å². The third kappa shape index (κ3) is 15.0. The first kappa shape index (κ1) is 46.4. The Morgan fingerprint density at radius 3 is 0.623 bits per heavy atom. The summed E-state index contributed by atoms with van der Waals surface area (Å²) in [7, 11) is 0. The Morgan fingerprint density at radius 2 is 0.426 bits per heavy atom. The zero-order valence-corrected chi connectivity index (χ0v) is 39.7. The fourth-order valence-corrected chi connectivity index (χ4v) is 15.8. The molecule has 6 unspecified atom stereocenters. The van der Waals surface area contributed by atoms with Crippen LogP contribution in [0.25, 0.3) is 0 Å². The number of hydrogen-bond acceptors (Lipinski definition) is 0. The van der Waals surface area contributed by atoms with Crippen molar-refractivity contribution >= 4 is 14.7 Å². The molecule has 0 saturated carbocycles. The van der Waals surface area contributed by atoms with Crippen LogP contribution in [0.1, 0.15) is 167 Å². The van der Waals surface area contributed by atoms with Crippen molar-refractivity contribution in [3.8, 4) is 0 Å². The first-order valence-electron chi connectivity index (χ1n) is 24.2. The molecule has 6 aromatic carbocycles. The van der Waals surface area contributed by atoms with Crippen LogP contribution >= 0.6 is 0 Å². The Kier molecular flexibility index (Phi) is 20.1. The van der Waals surface area contributed by atoms with Crippen molar-refractivity contribution < 1.29 is 0 Å². The number of rotatable bonds is 27. The van der Waals surface area contributed by atoms with E-state index < -0.39 is 14.7 Å². The zero-order chi connectivity index (χ0) is 42.3. The van der Waals surface area contributed by atoms with Gasteiger partial charge in [-0.2, -0.15) is 0 Å². The third-order valence-electron chi connectivity index (χ3n) is 14.1. The van der Waals surface area contributed by atoms with Gasteiger partial charge in [0.15, 0.2) is 0 Å². The van der Waals surface area contributed by atoms with Crippen molar-refractivity contribution in [1.82, 2.24) is 0 Å². The van der Waals surface area contributed by atoms with E-state index in [9.17, 15) is 0 Å². The molecule has 0 heterocycles. The van der Waals surface area contributed by atoms with Crippen LogP contribution in [-0.2, 0) is 0 Å². The summed E-state index contributed by atoms with van der Waals surface area (Å²) in [6.45, 7) is 7.15. The second-order valence-electron chi connectivity index (χ2n) is 17.8. The molecule has 61 heavy (non-hydrogen) atoms. The normalized spacial score (nSPS) is 15.0. The Hall–Kier alpha value is -4.12. The Morgan fingerprint density at radius 1 is 0.246 bits per heavy atom. The van der Waals surface area contributed by atoms with E-state index >= 15 is 0 Å². The van der Waals surface area contributed by atoms with E-state index in [1.54, 1.807) is 16.7 Å². The first-order valence-corrected chi connectivity index (χ1v) is 28.1. The molecule has 0 spiro atoms. The summed E-state index contributed by atoms with van der Waals surface area (Å²) in [6, 6.07) is 68.8. The minimum atomic E-state index is -1.21. The van der Waals surface area contributed by atoms with Crippen molar-refractivity contribution in [2.24, 2.45) is 0 Å². The fraction of sp³-hybridized carbons (Fsp3) is 0.400. The van der Waals surface area contributed by atoms with E-state index in [1.807, 2.05) is 0 Å². The van der Waals surface area contributed by atoms with Crippen molar-refractivity contribution in [3.05, 3.63) is 215 Å². The van der Waals surface area contributed by atoms with E-state index in [0.29, 0.717) is 35.5 Å². The molecule has 6 rings (SSSR count). The predicted molar refractivity (Wildman–Crippen MR) is 268 cm³/mol. The molecule has 6 aromatic rings. The van der Waals surface area contributed by atoms with Crippen LogP contribution in [-0.4, -0.2) is 14.7 Å². The molecule has 1 heteroatoms. The average Bonchev–Trinajstić information content (AvgIpc) is 3.33. The SMILES string of the molecule is CCC(CCC(CC[As](CCC(CCC(CC)c1ccccc1)c1ccccc1)CCC(CCC(CC)c1ccccc1)c1ccccc1)c1ccccc1)c1ccccc1. The number of hydrogen-bond donors (Lipinski definition) is 0. The van der Waals surface area contributed by atoms with Gasteiger partial charge in [0.25, 0.3) is 0 Å². The summed E-state index contributed by atoms with van der Waals surface area (Å²) in [4.78, 5) is 0. The first-order chi connectivity index (χ1) is 30.1. The molecular weight excluding hydrogens is 796 g/mol. The van der Waals surface area contributed by atoms with Gasteiger partial charge in [0, 0.05) is 0 Å². The summed E-state index contributed by atoms with van der Waals surface area (Å²) in [6.07, 6.45) is 15.2. The Labute approximate surface area is 376 Å². The van der Waals surface area contributed by atoms with Gasteiger partial charge in [-0.15, -0.1) is 0 Å². The molecule has 0 aliphatic heterocycles. The molecule has 0 fully saturated rings. The third-order valence-corrected chi connectivity index (χ3v) is 19.7. The standard InChI is InChI=1S/C60H75As/c1-4-49(52-25-13-7-14-26-52)37-40-58(55-31-19-10-20-32-55)43-46-61(47-44-59(56-33-21-11-22-34-56)41-38-50(5-2)53-27-15-8-16-28-53)48-45-60(57-35-23-12-24-36-57)42-39-51(6-3)54-29-17-9-18-30-54/h7-36,49-51,58-60H,4-6,37-48H2,1-3H3. The molecule has 0 radical (unpaired) electrons. The number of benzene rings is 6. The van der Waals surface area contributed by atoms with E-state index in [1.165, 1.54) is 109 Å². The summed E-state index contributed by atoms with van der Waals surface area (Å²) in [5.74, 6) is 3.76. The van der Waals surface area contributed by atoms with Gasteiger partial charge in [-0.05, 0) is 0 Å². The molecule has 0 nitrogen and oxygen atoms in total. The van der Waals surface area contributed by atoms with E-state index in [0.717, 1.165) is 0 Å². The molecule has 0 aromatic heterocycles. The minimum absolute atomic E-state index is 0.623. The van der Waals surface area contributed by atoms with Crippen molar-refractivity contribution in [2.45, 2.75) is 149 Å². The van der Waals surface area contributed by atoms with E-state index in [2.05, 4.69) is 203 Å². The average molecular weight is 871 g/mol. The van der Waals surface area contributed by atoms with Gasteiger partial charge in [0.1, 0.15) is 0 Å². The van der Waals surface area contributed by atoms with Crippen LogP contribution in [0.3, 0.4) is 0 Å². The van der Waals surface area contributed by atoms with Crippen LogP contribution in [0.5, 0.6) is 0 Å². The topological polar surface area (TPSA) is 0 Å². The Bertz CT molecular complexity index is 1740. The van der Waals surface area contributed by atoms with Crippen LogP contribution in [0.2, 0.25) is 15.6 Å². The predicted octanol–water partition coefficient (Wildman–Crippen LogP) is 17.9. The molecule has 0 bridgehead atoms. The second-order valence-corrected chi connectivity index (χ2v) is 23.4. The van der Waals surface area contributed by atoms with Gasteiger partial charge in [0.2, 0.25) is 0 Å². The molecule has 320 valence electrons. The quantitative estimate of drug-likeness (QED) is 0.0453. The van der Waals surface area contributed by atoms with Crippen LogP contribution < -0.4 is 0 Å². The Balaban J connectivity index is 1.22. The van der Waals surface area contributed by atoms with E-state index in [4.69, 9.17) is 0 Å². The second kappa shape index (κ2) is 26.4.